The Morgan fingerprint density at radius 1 is 0.969 bits per heavy atom. The fourth-order valence-corrected chi connectivity index (χ4v) is 3.55. The van der Waals surface area contributed by atoms with Crippen LogP contribution in [0.1, 0.15) is 6.92 Å². The van der Waals surface area contributed by atoms with E-state index in [1.807, 2.05) is 0 Å². The minimum absolute atomic E-state index is 0.0344. The van der Waals surface area contributed by atoms with Gasteiger partial charge in [-0.2, -0.15) is 0 Å². The molecule has 1 aliphatic rings. The van der Waals surface area contributed by atoms with Crippen LogP contribution < -0.4 is 14.9 Å². The van der Waals surface area contributed by atoms with Crippen LogP contribution in [-0.2, 0) is 4.74 Å². The van der Waals surface area contributed by atoms with Crippen LogP contribution in [0.5, 0.6) is 23.0 Å². The van der Waals surface area contributed by atoms with Gasteiger partial charge in [0, 0.05) is 17.7 Å². The molecular formula is C22H22O10. The molecule has 5 N–H and O–H groups in total. The van der Waals surface area contributed by atoms with Crippen molar-refractivity contribution < 1.29 is 44.2 Å². The number of fused-ring (bicyclic) bond motifs is 1. The molecule has 0 radical (unpaired) electrons. The fourth-order valence-electron chi connectivity index (χ4n) is 3.55. The molecule has 2 heterocycles. The second-order valence-corrected chi connectivity index (χ2v) is 7.45. The van der Waals surface area contributed by atoms with Gasteiger partial charge < -0.3 is 44.2 Å². The largest absolute Gasteiger partial charge is 0.508 e. The van der Waals surface area contributed by atoms with Gasteiger partial charge in [-0.05, 0) is 31.2 Å². The smallest absolute Gasteiger partial charge is 0.229 e. The van der Waals surface area contributed by atoms with Gasteiger partial charge >= 0.3 is 0 Å². The summed E-state index contributed by atoms with van der Waals surface area (Å²) >= 11 is 0. The molecule has 2 aromatic carbocycles. The highest BCUT2D eigenvalue weighted by molar-refractivity contribution is 5.89. The molecule has 2 unspecified atom stereocenters. The zero-order valence-electron chi connectivity index (χ0n) is 17.1. The van der Waals surface area contributed by atoms with Crippen LogP contribution >= 0.6 is 0 Å². The monoisotopic (exact) mass is 446 g/mol. The second-order valence-electron chi connectivity index (χ2n) is 7.45. The Bertz CT molecular complexity index is 1190. The number of aliphatic hydroxyl groups is 3. The molecule has 0 spiro atoms. The first-order chi connectivity index (χ1) is 15.2. The predicted molar refractivity (Wildman–Crippen MR) is 111 cm³/mol. The standard InChI is InChI=1S/C22H22O10/c1-9-17(25)19(27)20(28)22(30-9)32-15-8-14-16(18(26)21(15)29-2)12(24)7-13(31-14)10-3-5-11(23)6-4-10/h3-9,17,19-20,22-23,25-28H,1-2H3/t9?,17-,19?,20-,22-/m0/s1. The SMILES string of the molecule is COc1c(O[C@@H]2OC(C)[C@H](O)C(O)[C@@H]2O)cc2oc(-c3ccc(O)cc3)cc(=O)c2c1O. The first-order valence-corrected chi connectivity index (χ1v) is 9.74. The van der Waals surface area contributed by atoms with E-state index in [0.717, 1.165) is 0 Å². The van der Waals surface area contributed by atoms with E-state index in [1.165, 1.54) is 38.3 Å². The Hall–Kier alpha value is -3.31. The van der Waals surface area contributed by atoms with Gasteiger partial charge in [-0.3, -0.25) is 4.79 Å². The van der Waals surface area contributed by atoms with Crippen LogP contribution in [0.4, 0.5) is 0 Å². The van der Waals surface area contributed by atoms with Crippen LogP contribution in [-0.4, -0.2) is 63.3 Å². The van der Waals surface area contributed by atoms with Crippen LogP contribution in [0.15, 0.2) is 45.6 Å². The van der Waals surface area contributed by atoms with Crippen LogP contribution in [0, 0.1) is 0 Å². The number of benzene rings is 2. The highest BCUT2D eigenvalue weighted by Crippen LogP contribution is 2.43. The molecule has 10 nitrogen and oxygen atoms in total. The van der Waals surface area contributed by atoms with E-state index in [-0.39, 0.29) is 34.0 Å². The molecule has 1 fully saturated rings. The molecule has 170 valence electrons. The van der Waals surface area contributed by atoms with Gasteiger partial charge in [-0.1, -0.05) is 0 Å². The quantitative estimate of drug-likeness (QED) is 0.393. The van der Waals surface area contributed by atoms with Crippen molar-refractivity contribution in [3.63, 3.8) is 0 Å². The summed E-state index contributed by atoms with van der Waals surface area (Å²) in [5.74, 6) is -0.638. The van der Waals surface area contributed by atoms with Crippen LogP contribution in [0.25, 0.3) is 22.3 Å². The number of phenols is 2. The summed E-state index contributed by atoms with van der Waals surface area (Å²) in [6.45, 7) is 1.49. The van der Waals surface area contributed by atoms with Crippen molar-refractivity contribution in [2.24, 2.45) is 0 Å². The van der Waals surface area contributed by atoms with E-state index >= 15 is 0 Å². The van der Waals surface area contributed by atoms with E-state index < -0.39 is 41.9 Å². The Balaban J connectivity index is 1.80. The van der Waals surface area contributed by atoms with Crippen LogP contribution in [0.2, 0.25) is 0 Å². The minimum atomic E-state index is -1.60. The molecule has 1 aromatic heterocycles. The summed E-state index contributed by atoms with van der Waals surface area (Å²) in [5.41, 5.74) is -0.0675. The lowest BCUT2D eigenvalue weighted by Gasteiger charge is -2.39. The maximum Gasteiger partial charge on any atom is 0.229 e. The van der Waals surface area contributed by atoms with Gasteiger partial charge in [0.05, 0.1) is 13.2 Å². The predicted octanol–water partition coefficient (Wildman–Crippen LogP) is 1.09. The average Bonchev–Trinajstić information content (AvgIpc) is 2.76. The summed E-state index contributed by atoms with van der Waals surface area (Å²) in [6, 6.07) is 8.46. The fraction of sp³-hybridized carbons (Fsp3) is 0.318. The summed E-state index contributed by atoms with van der Waals surface area (Å²) in [4.78, 5) is 12.7. The molecular weight excluding hydrogens is 424 g/mol. The van der Waals surface area contributed by atoms with Gasteiger partial charge in [0.25, 0.3) is 0 Å². The van der Waals surface area contributed by atoms with E-state index in [2.05, 4.69) is 0 Å². The molecule has 0 bridgehead atoms. The number of aliphatic hydroxyl groups excluding tert-OH is 3. The maximum absolute atomic E-state index is 12.7. The van der Waals surface area contributed by atoms with Gasteiger partial charge in [-0.25, -0.2) is 0 Å². The second kappa shape index (κ2) is 8.32. The van der Waals surface area contributed by atoms with Gasteiger partial charge in [0.1, 0.15) is 40.8 Å². The zero-order valence-corrected chi connectivity index (χ0v) is 17.1. The number of hydrogen-bond acceptors (Lipinski definition) is 10. The molecule has 4 rings (SSSR count). The van der Waals surface area contributed by atoms with E-state index in [0.29, 0.717) is 5.56 Å². The van der Waals surface area contributed by atoms with E-state index in [9.17, 15) is 30.3 Å². The van der Waals surface area contributed by atoms with Crippen molar-refractivity contribution in [3.05, 3.63) is 46.6 Å². The van der Waals surface area contributed by atoms with Gasteiger partial charge in [0.2, 0.25) is 12.0 Å². The molecule has 1 saturated heterocycles. The summed E-state index contributed by atoms with van der Waals surface area (Å²) < 4.78 is 22.1. The molecule has 10 heteroatoms. The number of aromatic hydroxyl groups is 2. The highest BCUT2D eigenvalue weighted by atomic mass is 16.7. The molecule has 5 atom stereocenters. The third-order valence-electron chi connectivity index (χ3n) is 5.32. The zero-order chi connectivity index (χ0) is 23.2. The summed E-state index contributed by atoms with van der Waals surface area (Å²) in [6.07, 6.45) is -6.69. The Morgan fingerprint density at radius 2 is 1.66 bits per heavy atom. The first-order valence-electron chi connectivity index (χ1n) is 9.74. The maximum atomic E-state index is 12.7. The van der Waals surface area contributed by atoms with Gasteiger partial charge in [-0.15, -0.1) is 0 Å². The molecule has 3 aromatic rings. The Labute approximate surface area is 181 Å². The highest BCUT2D eigenvalue weighted by Gasteiger charge is 2.43. The summed E-state index contributed by atoms with van der Waals surface area (Å²) in [5, 5.41) is 50.1. The van der Waals surface area contributed by atoms with Crippen molar-refractivity contribution in [1.82, 2.24) is 0 Å². The molecule has 1 aliphatic heterocycles. The van der Waals surface area contributed by atoms with Crippen molar-refractivity contribution >= 4 is 11.0 Å². The average molecular weight is 446 g/mol. The molecule has 32 heavy (non-hydrogen) atoms. The molecule has 0 amide bonds. The van der Waals surface area contributed by atoms with Crippen molar-refractivity contribution in [2.45, 2.75) is 37.6 Å². The first kappa shape index (κ1) is 21.9. The Kier molecular flexibility index (Phi) is 5.70. The molecule has 0 saturated carbocycles. The van der Waals surface area contributed by atoms with Gasteiger partial charge in [0.15, 0.2) is 16.9 Å². The number of ether oxygens (including phenoxy) is 3. The third-order valence-corrected chi connectivity index (χ3v) is 5.32. The van der Waals surface area contributed by atoms with Crippen molar-refractivity contribution in [1.29, 1.82) is 0 Å². The number of hydrogen-bond donors (Lipinski definition) is 5. The number of rotatable bonds is 4. The normalized spacial score (nSPS) is 25.6. The topological polar surface area (TPSA) is 159 Å². The minimum Gasteiger partial charge on any atom is -0.508 e. The molecule has 0 aliphatic carbocycles. The van der Waals surface area contributed by atoms with E-state index in [4.69, 9.17) is 18.6 Å². The lowest BCUT2D eigenvalue weighted by atomic mass is 10.00. The lowest BCUT2D eigenvalue weighted by Crippen LogP contribution is -2.58. The summed E-state index contributed by atoms with van der Waals surface area (Å²) in [7, 11) is 1.25. The van der Waals surface area contributed by atoms with E-state index in [1.54, 1.807) is 12.1 Å². The Morgan fingerprint density at radius 3 is 2.31 bits per heavy atom. The third kappa shape index (κ3) is 3.73. The number of methoxy groups -OCH3 is 1. The number of phenolic OH excluding ortho intramolecular Hbond substituents is 2. The van der Waals surface area contributed by atoms with Crippen molar-refractivity contribution in [2.75, 3.05) is 7.11 Å². The van der Waals surface area contributed by atoms with Crippen LogP contribution in [0.3, 0.4) is 0 Å². The van der Waals surface area contributed by atoms with Crippen molar-refractivity contribution in [3.8, 4) is 34.3 Å². The lowest BCUT2D eigenvalue weighted by molar-refractivity contribution is -0.268.